The van der Waals surface area contributed by atoms with Gasteiger partial charge in [-0.25, -0.2) is 14.6 Å². The number of nitrogens with zero attached hydrogens (tertiary/aromatic N) is 1. The molecule has 0 fully saturated rings. The van der Waals surface area contributed by atoms with Crippen LogP contribution in [0.25, 0.3) is 10.9 Å². The van der Waals surface area contributed by atoms with Crippen molar-refractivity contribution in [3.05, 3.63) is 65.9 Å². The van der Waals surface area contributed by atoms with Gasteiger partial charge in [0.05, 0.1) is 25.4 Å². The van der Waals surface area contributed by atoms with Crippen molar-refractivity contribution in [1.29, 1.82) is 0 Å². The van der Waals surface area contributed by atoms with Gasteiger partial charge in [0.25, 0.3) is 0 Å². The van der Waals surface area contributed by atoms with E-state index in [2.05, 4.69) is 10.3 Å². The van der Waals surface area contributed by atoms with Gasteiger partial charge in [-0.05, 0) is 18.2 Å². The molecule has 0 saturated carbocycles. The normalized spacial score (nSPS) is 10.3. The van der Waals surface area contributed by atoms with E-state index in [1.165, 1.54) is 14.2 Å². The van der Waals surface area contributed by atoms with E-state index in [4.69, 9.17) is 9.47 Å². The number of pyridine rings is 1. The molecule has 0 aliphatic rings. The number of hydrogen-bond donors (Lipinski definition) is 1. The molecule has 1 heterocycles. The molecule has 0 aliphatic carbocycles. The number of carbonyl (C=O) groups is 2. The Morgan fingerprint density at radius 3 is 2.20 bits per heavy atom. The summed E-state index contributed by atoms with van der Waals surface area (Å²) in [6.07, 6.45) is 0. The van der Waals surface area contributed by atoms with Crippen LogP contribution in [0.5, 0.6) is 0 Å². The fraction of sp³-hybridized carbons (Fsp3) is 0.105. The number of anilines is 2. The maximum atomic E-state index is 12.4. The van der Waals surface area contributed by atoms with Gasteiger partial charge in [-0.15, -0.1) is 0 Å². The van der Waals surface area contributed by atoms with Crippen molar-refractivity contribution < 1.29 is 19.1 Å². The smallest absolute Gasteiger partial charge is 0.357 e. The molecule has 1 N–H and O–H groups in total. The summed E-state index contributed by atoms with van der Waals surface area (Å²) in [7, 11) is 2.50. The highest BCUT2D eigenvalue weighted by atomic mass is 16.5. The van der Waals surface area contributed by atoms with Crippen LogP contribution in [-0.4, -0.2) is 31.1 Å². The first-order valence-corrected chi connectivity index (χ1v) is 7.57. The molecule has 0 radical (unpaired) electrons. The number of rotatable bonds is 4. The van der Waals surface area contributed by atoms with Crippen LogP contribution in [0.1, 0.15) is 20.8 Å². The van der Waals surface area contributed by atoms with Crippen LogP contribution in [-0.2, 0) is 9.47 Å². The molecule has 3 rings (SSSR count). The predicted molar refractivity (Wildman–Crippen MR) is 94.1 cm³/mol. The minimum absolute atomic E-state index is 0.0388. The van der Waals surface area contributed by atoms with Gasteiger partial charge in [-0.2, -0.15) is 0 Å². The maximum Gasteiger partial charge on any atom is 0.357 e. The Morgan fingerprint density at radius 1 is 0.880 bits per heavy atom. The van der Waals surface area contributed by atoms with E-state index in [1.807, 2.05) is 42.5 Å². The zero-order valence-electron chi connectivity index (χ0n) is 13.8. The van der Waals surface area contributed by atoms with Gasteiger partial charge in [-0.3, -0.25) is 0 Å². The standard InChI is InChI=1S/C19H16N2O4/c1-24-18(22)15-16(20-12-8-4-3-5-9-12)13-10-6-7-11-14(13)21-17(15)19(23)25-2/h3-11H,1-2H3,(H,20,21). The van der Waals surface area contributed by atoms with Gasteiger partial charge in [-0.1, -0.05) is 36.4 Å². The molecule has 1 aromatic heterocycles. The number of para-hydroxylation sites is 2. The summed E-state index contributed by atoms with van der Waals surface area (Å²) < 4.78 is 9.66. The first-order chi connectivity index (χ1) is 12.2. The van der Waals surface area contributed by atoms with E-state index in [1.54, 1.807) is 12.1 Å². The lowest BCUT2D eigenvalue weighted by Crippen LogP contribution is -2.16. The molecule has 0 aliphatic heterocycles. The number of carbonyl (C=O) groups excluding carboxylic acids is 2. The van der Waals surface area contributed by atoms with Crippen LogP contribution in [0.3, 0.4) is 0 Å². The second-order valence-electron chi connectivity index (χ2n) is 5.20. The molecule has 25 heavy (non-hydrogen) atoms. The minimum atomic E-state index is -0.706. The Labute approximate surface area is 144 Å². The molecular formula is C19H16N2O4. The summed E-state index contributed by atoms with van der Waals surface area (Å²) >= 11 is 0. The van der Waals surface area contributed by atoms with E-state index in [0.29, 0.717) is 16.6 Å². The van der Waals surface area contributed by atoms with Crippen LogP contribution >= 0.6 is 0 Å². The third-order valence-corrected chi connectivity index (χ3v) is 3.70. The first-order valence-electron chi connectivity index (χ1n) is 7.57. The highest BCUT2D eigenvalue weighted by molar-refractivity contribution is 6.12. The van der Waals surface area contributed by atoms with E-state index in [0.717, 1.165) is 5.69 Å². The van der Waals surface area contributed by atoms with Gasteiger partial charge in [0.1, 0.15) is 5.56 Å². The van der Waals surface area contributed by atoms with Crippen LogP contribution < -0.4 is 5.32 Å². The van der Waals surface area contributed by atoms with E-state index < -0.39 is 11.9 Å². The fourth-order valence-corrected chi connectivity index (χ4v) is 2.55. The molecule has 0 atom stereocenters. The largest absolute Gasteiger partial charge is 0.465 e. The molecule has 126 valence electrons. The van der Waals surface area contributed by atoms with Crippen molar-refractivity contribution in [2.45, 2.75) is 0 Å². The van der Waals surface area contributed by atoms with Crippen LogP contribution in [0, 0.1) is 0 Å². The van der Waals surface area contributed by atoms with Crippen LogP contribution in [0.15, 0.2) is 54.6 Å². The predicted octanol–water partition coefficient (Wildman–Crippen LogP) is 3.55. The van der Waals surface area contributed by atoms with E-state index >= 15 is 0 Å². The van der Waals surface area contributed by atoms with Gasteiger partial charge in [0.2, 0.25) is 0 Å². The Kier molecular flexibility index (Phi) is 4.61. The van der Waals surface area contributed by atoms with Gasteiger partial charge in [0.15, 0.2) is 5.69 Å². The molecule has 0 unspecified atom stereocenters. The summed E-state index contributed by atoms with van der Waals surface area (Å²) in [5.74, 6) is -1.38. The Bertz CT molecular complexity index is 939. The third-order valence-electron chi connectivity index (χ3n) is 3.70. The zero-order chi connectivity index (χ0) is 17.8. The topological polar surface area (TPSA) is 77.5 Å². The molecule has 0 spiro atoms. The van der Waals surface area contributed by atoms with Crippen molar-refractivity contribution in [3.8, 4) is 0 Å². The summed E-state index contributed by atoms with van der Waals surface area (Å²) in [6, 6.07) is 16.5. The summed E-state index contributed by atoms with van der Waals surface area (Å²) in [5.41, 5.74) is 1.72. The third kappa shape index (κ3) is 3.14. The first kappa shape index (κ1) is 16.4. The van der Waals surface area contributed by atoms with Gasteiger partial charge < -0.3 is 14.8 Å². The monoisotopic (exact) mass is 336 g/mol. The average molecular weight is 336 g/mol. The number of aromatic nitrogens is 1. The summed E-state index contributed by atoms with van der Waals surface area (Å²) in [6.45, 7) is 0. The number of esters is 2. The van der Waals surface area contributed by atoms with Crippen LogP contribution in [0.2, 0.25) is 0 Å². The van der Waals surface area contributed by atoms with Gasteiger partial charge in [0, 0.05) is 11.1 Å². The minimum Gasteiger partial charge on any atom is -0.465 e. The molecule has 0 bridgehead atoms. The Hall–Kier alpha value is -3.41. The summed E-state index contributed by atoms with van der Waals surface area (Å²) in [5, 5.41) is 3.90. The maximum absolute atomic E-state index is 12.4. The van der Waals surface area contributed by atoms with Crippen molar-refractivity contribution in [1.82, 2.24) is 4.98 Å². The molecule has 6 heteroatoms. The molecule has 6 nitrogen and oxygen atoms in total. The molecule has 0 saturated heterocycles. The lowest BCUT2D eigenvalue weighted by atomic mass is 10.0. The van der Waals surface area contributed by atoms with Crippen molar-refractivity contribution >= 4 is 34.2 Å². The van der Waals surface area contributed by atoms with Crippen molar-refractivity contribution in [2.75, 3.05) is 19.5 Å². The Morgan fingerprint density at radius 2 is 1.52 bits per heavy atom. The van der Waals surface area contributed by atoms with E-state index in [-0.39, 0.29) is 11.3 Å². The summed E-state index contributed by atoms with van der Waals surface area (Å²) in [4.78, 5) is 28.9. The van der Waals surface area contributed by atoms with Crippen LogP contribution in [0.4, 0.5) is 11.4 Å². The zero-order valence-corrected chi connectivity index (χ0v) is 13.8. The second-order valence-corrected chi connectivity index (χ2v) is 5.20. The second kappa shape index (κ2) is 7.00. The molecule has 3 aromatic rings. The highest BCUT2D eigenvalue weighted by Gasteiger charge is 2.26. The highest BCUT2D eigenvalue weighted by Crippen LogP contribution is 2.32. The molecule has 0 amide bonds. The fourth-order valence-electron chi connectivity index (χ4n) is 2.55. The molecule has 2 aromatic carbocycles. The van der Waals surface area contributed by atoms with Gasteiger partial charge >= 0.3 is 11.9 Å². The SMILES string of the molecule is COC(=O)c1nc2ccccc2c(Nc2ccccc2)c1C(=O)OC. The Balaban J connectivity index is 2.33. The van der Waals surface area contributed by atoms with Crippen molar-refractivity contribution in [3.63, 3.8) is 0 Å². The molecular weight excluding hydrogens is 320 g/mol. The number of benzene rings is 2. The number of methoxy groups -OCH3 is 2. The lowest BCUT2D eigenvalue weighted by Gasteiger charge is -2.16. The lowest BCUT2D eigenvalue weighted by molar-refractivity contribution is 0.0551. The number of nitrogens with one attached hydrogen (secondary N) is 1. The number of fused-ring (bicyclic) bond motifs is 1. The quantitative estimate of drug-likeness (QED) is 0.734. The van der Waals surface area contributed by atoms with Crippen molar-refractivity contribution in [2.24, 2.45) is 0 Å². The number of ether oxygens (including phenoxy) is 2. The average Bonchev–Trinajstić information content (AvgIpc) is 2.67. The number of hydrogen-bond acceptors (Lipinski definition) is 6. The van der Waals surface area contributed by atoms with E-state index in [9.17, 15) is 9.59 Å².